The Morgan fingerprint density at radius 3 is 2.28 bits per heavy atom. The highest BCUT2D eigenvalue weighted by molar-refractivity contribution is 6.30. The van der Waals surface area contributed by atoms with Crippen molar-refractivity contribution in [3.8, 4) is 11.4 Å². The van der Waals surface area contributed by atoms with E-state index in [-0.39, 0.29) is 5.91 Å². The molecule has 0 radical (unpaired) electrons. The predicted molar refractivity (Wildman–Crippen MR) is 109 cm³/mol. The molecule has 9 heteroatoms. The maximum Gasteiger partial charge on any atom is 0.263 e. The van der Waals surface area contributed by atoms with Gasteiger partial charge in [0.2, 0.25) is 0 Å². The first kappa shape index (κ1) is 19.2. The number of hydrogen-bond acceptors (Lipinski definition) is 6. The molecule has 1 fully saturated rings. The Balaban J connectivity index is 1.31. The Hall–Kier alpha value is -3.13. The first-order valence-corrected chi connectivity index (χ1v) is 9.77. The van der Waals surface area contributed by atoms with Crippen LogP contribution in [0.3, 0.4) is 0 Å². The van der Waals surface area contributed by atoms with E-state index in [2.05, 4.69) is 20.4 Å². The predicted octanol–water partition coefficient (Wildman–Crippen LogP) is 2.43. The molecule has 2 heterocycles. The quantitative estimate of drug-likeness (QED) is 0.640. The van der Waals surface area contributed by atoms with Gasteiger partial charge in [0.05, 0.1) is 5.69 Å². The van der Waals surface area contributed by atoms with E-state index in [0.29, 0.717) is 18.8 Å². The molecule has 1 unspecified atom stereocenters. The van der Waals surface area contributed by atoms with Gasteiger partial charge in [-0.25, -0.2) is 4.68 Å². The number of aromatic nitrogens is 4. The lowest BCUT2D eigenvalue weighted by Gasteiger charge is -2.37. The maximum atomic E-state index is 12.8. The normalized spacial score (nSPS) is 15.2. The lowest BCUT2D eigenvalue weighted by Crippen LogP contribution is -2.52. The van der Waals surface area contributed by atoms with Crippen LogP contribution < -0.4 is 9.64 Å². The van der Waals surface area contributed by atoms with E-state index >= 15 is 0 Å². The highest BCUT2D eigenvalue weighted by Crippen LogP contribution is 2.20. The lowest BCUT2D eigenvalue weighted by atomic mass is 10.2. The third-order valence-corrected chi connectivity index (χ3v) is 5.15. The zero-order valence-corrected chi connectivity index (χ0v) is 16.7. The summed E-state index contributed by atoms with van der Waals surface area (Å²) in [7, 11) is 0. The second-order valence-electron chi connectivity index (χ2n) is 6.80. The molecule has 0 aliphatic carbocycles. The molecule has 1 aliphatic rings. The first-order chi connectivity index (χ1) is 14.1. The monoisotopic (exact) mass is 412 g/mol. The van der Waals surface area contributed by atoms with Crippen LogP contribution in [0.1, 0.15) is 6.92 Å². The van der Waals surface area contributed by atoms with Gasteiger partial charge in [0, 0.05) is 36.9 Å². The SMILES string of the molecule is CC(Oc1ccc(-n2cnnn2)cc1)C(=O)N1CCN(c2ccc(Cl)cc2)CC1. The number of ether oxygens (including phenoxy) is 1. The van der Waals surface area contributed by atoms with E-state index in [4.69, 9.17) is 16.3 Å². The molecule has 1 amide bonds. The van der Waals surface area contributed by atoms with E-state index in [1.807, 2.05) is 41.3 Å². The zero-order chi connectivity index (χ0) is 20.2. The van der Waals surface area contributed by atoms with Crippen LogP contribution in [0, 0.1) is 0 Å². The average molecular weight is 413 g/mol. The summed E-state index contributed by atoms with van der Waals surface area (Å²) in [6.07, 6.45) is 0.960. The number of rotatable bonds is 5. The van der Waals surface area contributed by atoms with Gasteiger partial charge in [0.1, 0.15) is 12.1 Å². The standard InChI is InChI=1S/C20H21ClN6O2/c1-15(29-19-8-6-18(7-9-19)27-14-22-23-24-27)20(28)26-12-10-25(11-13-26)17-4-2-16(21)3-5-17/h2-9,14-15H,10-13H2,1H3. The molecule has 8 nitrogen and oxygen atoms in total. The molecule has 1 aliphatic heterocycles. The Morgan fingerprint density at radius 1 is 1.00 bits per heavy atom. The molecule has 0 bridgehead atoms. The van der Waals surface area contributed by atoms with Crippen molar-refractivity contribution in [2.45, 2.75) is 13.0 Å². The molecule has 0 saturated carbocycles. The molecule has 0 spiro atoms. The summed E-state index contributed by atoms with van der Waals surface area (Å²) in [5.41, 5.74) is 1.94. The van der Waals surface area contributed by atoms with E-state index < -0.39 is 6.10 Å². The minimum atomic E-state index is -0.559. The summed E-state index contributed by atoms with van der Waals surface area (Å²) >= 11 is 5.96. The highest BCUT2D eigenvalue weighted by Gasteiger charge is 2.26. The fourth-order valence-corrected chi connectivity index (χ4v) is 3.43. The summed E-state index contributed by atoms with van der Waals surface area (Å²) in [6.45, 7) is 4.66. The molecule has 150 valence electrons. The molecule has 3 aromatic rings. The van der Waals surface area contributed by atoms with Crippen molar-refractivity contribution in [3.63, 3.8) is 0 Å². The first-order valence-electron chi connectivity index (χ1n) is 9.39. The van der Waals surface area contributed by atoms with Crippen LogP contribution in [0.25, 0.3) is 5.69 Å². The fraction of sp³-hybridized carbons (Fsp3) is 0.300. The van der Waals surface area contributed by atoms with Crippen LogP contribution in [-0.4, -0.2) is 63.3 Å². The minimum absolute atomic E-state index is 0.00897. The summed E-state index contributed by atoms with van der Waals surface area (Å²) in [5.74, 6) is 0.618. The van der Waals surface area contributed by atoms with Crippen LogP contribution in [0.5, 0.6) is 5.75 Å². The van der Waals surface area contributed by atoms with Gasteiger partial charge in [-0.1, -0.05) is 11.6 Å². The van der Waals surface area contributed by atoms with E-state index in [1.165, 1.54) is 6.33 Å². The smallest absolute Gasteiger partial charge is 0.263 e. The molecular formula is C20H21ClN6O2. The van der Waals surface area contributed by atoms with Crippen molar-refractivity contribution in [1.82, 2.24) is 25.1 Å². The number of carbonyl (C=O) groups is 1. The van der Waals surface area contributed by atoms with Crippen LogP contribution in [0.15, 0.2) is 54.9 Å². The van der Waals surface area contributed by atoms with Crippen LogP contribution in [0.4, 0.5) is 5.69 Å². The summed E-state index contributed by atoms with van der Waals surface area (Å²) in [4.78, 5) is 16.9. The van der Waals surface area contributed by atoms with Crippen molar-refractivity contribution in [3.05, 3.63) is 59.9 Å². The summed E-state index contributed by atoms with van der Waals surface area (Å²) in [5, 5.41) is 11.8. The number of carbonyl (C=O) groups excluding carboxylic acids is 1. The largest absolute Gasteiger partial charge is 0.481 e. The lowest BCUT2D eigenvalue weighted by molar-refractivity contribution is -0.138. The van der Waals surface area contributed by atoms with Gasteiger partial charge in [-0.2, -0.15) is 0 Å². The molecule has 0 N–H and O–H groups in total. The van der Waals surface area contributed by atoms with Gasteiger partial charge in [0.25, 0.3) is 5.91 Å². The van der Waals surface area contributed by atoms with Crippen molar-refractivity contribution in [2.75, 3.05) is 31.1 Å². The molecule has 2 aromatic carbocycles. The molecule has 29 heavy (non-hydrogen) atoms. The number of nitrogens with zero attached hydrogens (tertiary/aromatic N) is 6. The molecule has 4 rings (SSSR count). The number of piperazine rings is 1. The number of anilines is 1. The minimum Gasteiger partial charge on any atom is -0.481 e. The third-order valence-electron chi connectivity index (χ3n) is 4.89. The van der Waals surface area contributed by atoms with Crippen molar-refractivity contribution >= 4 is 23.2 Å². The number of hydrogen-bond donors (Lipinski definition) is 0. The Kier molecular flexibility index (Phi) is 5.62. The van der Waals surface area contributed by atoms with Gasteiger partial charge in [0.15, 0.2) is 6.10 Å². The van der Waals surface area contributed by atoms with Crippen molar-refractivity contribution in [1.29, 1.82) is 0 Å². The Morgan fingerprint density at radius 2 is 1.66 bits per heavy atom. The number of benzene rings is 2. The average Bonchev–Trinajstić information content (AvgIpc) is 3.29. The Bertz CT molecular complexity index is 938. The topological polar surface area (TPSA) is 76.4 Å². The molecule has 1 atom stereocenters. The molecular weight excluding hydrogens is 392 g/mol. The van der Waals surface area contributed by atoms with E-state index in [1.54, 1.807) is 23.7 Å². The van der Waals surface area contributed by atoms with Gasteiger partial charge in [-0.15, -0.1) is 5.10 Å². The number of tetrazole rings is 1. The second-order valence-corrected chi connectivity index (χ2v) is 7.23. The molecule has 1 saturated heterocycles. The molecule has 1 aromatic heterocycles. The zero-order valence-electron chi connectivity index (χ0n) is 16.0. The van der Waals surface area contributed by atoms with Crippen LogP contribution in [0.2, 0.25) is 5.02 Å². The highest BCUT2D eigenvalue weighted by atomic mass is 35.5. The van der Waals surface area contributed by atoms with Crippen LogP contribution >= 0.6 is 11.6 Å². The van der Waals surface area contributed by atoms with Crippen LogP contribution in [-0.2, 0) is 4.79 Å². The third kappa shape index (κ3) is 4.48. The second kappa shape index (κ2) is 8.48. The van der Waals surface area contributed by atoms with E-state index in [9.17, 15) is 4.79 Å². The van der Waals surface area contributed by atoms with E-state index in [0.717, 1.165) is 29.5 Å². The summed E-state index contributed by atoms with van der Waals surface area (Å²) < 4.78 is 7.40. The summed E-state index contributed by atoms with van der Waals surface area (Å²) in [6, 6.07) is 15.1. The number of halogens is 1. The number of amides is 1. The maximum absolute atomic E-state index is 12.8. The van der Waals surface area contributed by atoms with Gasteiger partial charge in [-0.05, 0) is 65.9 Å². The van der Waals surface area contributed by atoms with Crippen molar-refractivity contribution in [2.24, 2.45) is 0 Å². The van der Waals surface area contributed by atoms with Crippen molar-refractivity contribution < 1.29 is 9.53 Å². The Labute approximate surface area is 173 Å². The van der Waals surface area contributed by atoms with Gasteiger partial charge < -0.3 is 14.5 Å². The fourth-order valence-electron chi connectivity index (χ4n) is 3.31. The van der Waals surface area contributed by atoms with Gasteiger partial charge in [-0.3, -0.25) is 4.79 Å². The van der Waals surface area contributed by atoms with Gasteiger partial charge >= 0.3 is 0 Å².